The van der Waals surface area contributed by atoms with Crippen molar-refractivity contribution in [3.8, 4) is 0 Å². The molecular formula is C28H32N4O5. The third kappa shape index (κ3) is 5.61. The van der Waals surface area contributed by atoms with Crippen LogP contribution in [0.1, 0.15) is 60.7 Å². The fourth-order valence-electron chi connectivity index (χ4n) is 4.25. The molecule has 4 rings (SSSR count). The Labute approximate surface area is 214 Å². The van der Waals surface area contributed by atoms with Crippen molar-refractivity contribution in [3.05, 3.63) is 65.5 Å². The van der Waals surface area contributed by atoms with E-state index in [1.807, 2.05) is 55.7 Å². The lowest BCUT2D eigenvalue weighted by molar-refractivity contribution is 0.0513. The van der Waals surface area contributed by atoms with Crippen LogP contribution in [0.3, 0.4) is 0 Å². The number of alkyl carbamates (subject to hydrolysis) is 1. The molecule has 0 atom stereocenters. The Morgan fingerprint density at radius 3 is 2.57 bits per heavy atom. The minimum atomic E-state index is -0.568. The number of nitrogens with one attached hydrogen (secondary N) is 2. The number of esters is 1. The van der Waals surface area contributed by atoms with Crippen molar-refractivity contribution in [2.24, 2.45) is 0 Å². The maximum absolute atomic E-state index is 13.7. The van der Waals surface area contributed by atoms with Crippen molar-refractivity contribution >= 4 is 45.3 Å². The van der Waals surface area contributed by atoms with Crippen molar-refractivity contribution in [2.45, 2.75) is 46.3 Å². The number of carbonyl (C=O) groups is 3. The first-order chi connectivity index (χ1) is 17.6. The van der Waals surface area contributed by atoms with Crippen molar-refractivity contribution in [3.63, 3.8) is 0 Å². The summed E-state index contributed by atoms with van der Waals surface area (Å²) in [6, 6.07) is 14.8. The summed E-state index contributed by atoms with van der Waals surface area (Å²) in [5, 5.41) is 4.29. The van der Waals surface area contributed by atoms with Gasteiger partial charge in [0.05, 0.1) is 18.0 Å². The van der Waals surface area contributed by atoms with Gasteiger partial charge >= 0.3 is 12.1 Å². The van der Waals surface area contributed by atoms with Crippen LogP contribution in [0.2, 0.25) is 0 Å². The van der Waals surface area contributed by atoms with E-state index in [9.17, 15) is 14.4 Å². The molecule has 4 N–H and O–H groups in total. The van der Waals surface area contributed by atoms with Gasteiger partial charge in [-0.05, 0) is 64.4 Å². The highest BCUT2D eigenvalue weighted by atomic mass is 16.6. The number of aromatic amines is 1. The van der Waals surface area contributed by atoms with Gasteiger partial charge in [-0.2, -0.15) is 0 Å². The number of benzene rings is 2. The SMILES string of the molecule is CCOC(=O)c1[nH]c2ccc(C(=O)c3cc4ccccc4n3CCCNC(=O)OC(C)(C)C)cc2c1N. The number of nitrogens with zero attached hydrogens (tertiary/aromatic N) is 1. The number of fused-ring (bicyclic) bond motifs is 2. The van der Waals surface area contributed by atoms with Crippen molar-refractivity contribution in [2.75, 3.05) is 18.9 Å². The number of ketones is 1. The summed E-state index contributed by atoms with van der Waals surface area (Å²) >= 11 is 0. The van der Waals surface area contributed by atoms with Crippen molar-refractivity contribution in [1.29, 1.82) is 0 Å². The third-order valence-electron chi connectivity index (χ3n) is 5.85. The van der Waals surface area contributed by atoms with Gasteiger partial charge in [-0.15, -0.1) is 0 Å². The molecule has 2 aromatic heterocycles. The molecule has 0 saturated heterocycles. The number of anilines is 1. The van der Waals surface area contributed by atoms with Gasteiger partial charge in [-0.1, -0.05) is 18.2 Å². The summed E-state index contributed by atoms with van der Waals surface area (Å²) in [6.07, 6.45) is 0.131. The van der Waals surface area contributed by atoms with E-state index < -0.39 is 17.7 Å². The number of nitrogens with two attached hydrogens (primary N) is 1. The number of aromatic nitrogens is 2. The number of aryl methyl sites for hydroxylation is 1. The van der Waals surface area contributed by atoms with Gasteiger partial charge < -0.3 is 30.1 Å². The molecule has 0 aliphatic carbocycles. The molecule has 0 fully saturated rings. The molecule has 2 heterocycles. The second-order valence-corrected chi connectivity index (χ2v) is 9.75. The van der Waals surface area contributed by atoms with Crippen molar-refractivity contribution in [1.82, 2.24) is 14.9 Å². The van der Waals surface area contributed by atoms with Crippen LogP contribution in [-0.4, -0.2) is 46.1 Å². The van der Waals surface area contributed by atoms with Crippen molar-refractivity contribution < 1.29 is 23.9 Å². The maximum atomic E-state index is 13.7. The van der Waals surface area contributed by atoms with E-state index in [-0.39, 0.29) is 23.8 Å². The number of hydrogen-bond acceptors (Lipinski definition) is 6. The van der Waals surface area contributed by atoms with Gasteiger partial charge in [-0.3, -0.25) is 4.79 Å². The maximum Gasteiger partial charge on any atom is 0.407 e. The zero-order valence-corrected chi connectivity index (χ0v) is 21.5. The number of para-hydroxylation sites is 1. The summed E-state index contributed by atoms with van der Waals surface area (Å²) in [5.41, 5.74) is 8.62. The number of ether oxygens (including phenoxy) is 2. The monoisotopic (exact) mass is 504 g/mol. The summed E-state index contributed by atoms with van der Waals surface area (Å²) in [5.74, 6) is -0.708. The average Bonchev–Trinajstić information content (AvgIpc) is 3.38. The Morgan fingerprint density at radius 1 is 1.08 bits per heavy atom. The van der Waals surface area contributed by atoms with Gasteiger partial charge in [0.15, 0.2) is 0 Å². The quantitative estimate of drug-likeness (QED) is 0.175. The lowest BCUT2D eigenvalue weighted by atomic mass is 10.1. The lowest BCUT2D eigenvalue weighted by Gasteiger charge is -2.19. The highest BCUT2D eigenvalue weighted by Crippen LogP contribution is 2.29. The standard InChI is InChI=1S/C28H32N4O5/c1-5-36-26(34)24-23(29)19-15-18(11-12-20(19)31-24)25(33)22-16-17-9-6-7-10-21(17)32(22)14-8-13-30-27(35)37-28(2,3)4/h6-7,9-12,15-16,31H,5,8,13-14,29H2,1-4H3,(H,30,35). The number of rotatable bonds is 8. The molecule has 9 nitrogen and oxygen atoms in total. The molecule has 2 aromatic carbocycles. The van der Waals surface area contributed by atoms with E-state index in [0.717, 1.165) is 10.9 Å². The molecule has 4 aromatic rings. The predicted molar refractivity (Wildman–Crippen MR) is 143 cm³/mol. The fourth-order valence-corrected chi connectivity index (χ4v) is 4.25. The highest BCUT2D eigenvalue weighted by Gasteiger charge is 2.21. The lowest BCUT2D eigenvalue weighted by Crippen LogP contribution is -2.33. The van der Waals surface area contributed by atoms with Crippen LogP contribution in [-0.2, 0) is 16.0 Å². The van der Waals surface area contributed by atoms with Gasteiger partial charge in [0.1, 0.15) is 11.3 Å². The molecule has 0 radical (unpaired) electrons. The number of nitrogen functional groups attached to an aromatic ring is 1. The smallest absolute Gasteiger partial charge is 0.407 e. The van der Waals surface area contributed by atoms with Crippen LogP contribution >= 0.6 is 0 Å². The van der Waals surface area contributed by atoms with Crippen LogP contribution in [0.25, 0.3) is 21.8 Å². The molecule has 0 unspecified atom stereocenters. The van der Waals surface area contributed by atoms with E-state index in [2.05, 4.69) is 10.3 Å². The van der Waals surface area contributed by atoms with E-state index >= 15 is 0 Å². The summed E-state index contributed by atoms with van der Waals surface area (Å²) in [7, 11) is 0. The number of hydrogen-bond donors (Lipinski definition) is 3. The molecule has 0 spiro atoms. The van der Waals surface area contributed by atoms with E-state index in [4.69, 9.17) is 15.2 Å². The average molecular weight is 505 g/mol. The molecule has 0 aliphatic heterocycles. The Hall–Kier alpha value is -4.27. The first kappa shape index (κ1) is 25.8. The molecule has 194 valence electrons. The summed E-state index contributed by atoms with van der Waals surface area (Å²) in [4.78, 5) is 40.9. The zero-order valence-electron chi connectivity index (χ0n) is 21.5. The van der Waals surface area contributed by atoms with Crippen LogP contribution < -0.4 is 11.1 Å². The largest absolute Gasteiger partial charge is 0.461 e. The minimum absolute atomic E-state index is 0.170. The fraction of sp³-hybridized carbons (Fsp3) is 0.321. The number of carbonyl (C=O) groups excluding carboxylic acids is 3. The molecule has 0 saturated carbocycles. The minimum Gasteiger partial charge on any atom is -0.461 e. The van der Waals surface area contributed by atoms with Gasteiger partial charge in [-0.25, -0.2) is 9.59 Å². The second-order valence-electron chi connectivity index (χ2n) is 9.75. The van der Waals surface area contributed by atoms with E-state index in [1.165, 1.54) is 0 Å². The third-order valence-corrected chi connectivity index (χ3v) is 5.85. The molecule has 37 heavy (non-hydrogen) atoms. The van der Waals surface area contributed by atoms with Gasteiger partial charge in [0, 0.05) is 40.5 Å². The molecular weight excluding hydrogens is 472 g/mol. The van der Waals surface area contributed by atoms with Crippen LogP contribution in [0, 0.1) is 0 Å². The normalized spacial score (nSPS) is 11.6. The van der Waals surface area contributed by atoms with Crippen LogP contribution in [0.4, 0.5) is 10.5 Å². The van der Waals surface area contributed by atoms with E-state index in [0.29, 0.717) is 41.7 Å². The Kier molecular flexibility index (Phi) is 7.24. The van der Waals surface area contributed by atoms with E-state index in [1.54, 1.807) is 25.1 Å². The molecule has 1 amide bonds. The first-order valence-corrected chi connectivity index (χ1v) is 12.3. The van der Waals surface area contributed by atoms with Crippen LogP contribution in [0.15, 0.2) is 48.5 Å². The Bertz CT molecular complexity index is 1480. The molecule has 0 aliphatic rings. The van der Waals surface area contributed by atoms with Gasteiger partial charge in [0.25, 0.3) is 0 Å². The topological polar surface area (TPSA) is 128 Å². The second kappa shape index (κ2) is 10.4. The van der Waals surface area contributed by atoms with Crippen LogP contribution in [0.5, 0.6) is 0 Å². The first-order valence-electron chi connectivity index (χ1n) is 12.3. The Morgan fingerprint density at radius 2 is 1.84 bits per heavy atom. The zero-order chi connectivity index (χ0) is 26.7. The Balaban J connectivity index is 1.59. The highest BCUT2D eigenvalue weighted by molar-refractivity contribution is 6.14. The summed E-state index contributed by atoms with van der Waals surface area (Å²) in [6.45, 7) is 8.31. The summed E-state index contributed by atoms with van der Waals surface area (Å²) < 4.78 is 12.3. The molecule has 0 bridgehead atoms. The molecule has 9 heteroatoms. The predicted octanol–water partition coefficient (Wildman–Crippen LogP) is 5.03. The number of amides is 1. The van der Waals surface area contributed by atoms with Gasteiger partial charge in [0.2, 0.25) is 5.78 Å². The number of H-pyrrole nitrogens is 1.